The molecule has 1 aliphatic heterocycles. The van der Waals surface area contributed by atoms with Crippen LogP contribution >= 0.6 is 0 Å². The lowest BCUT2D eigenvalue weighted by Gasteiger charge is -2.02. The molecule has 0 N–H and O–H groups in total. The topological polar surface area (TPSA) is 26.1 Å². The van der Waals surface area contributed by atoms with E-state index < -0.39 is 0 Å². The molecule has 0 saturated heterocycles. The molecule has 5 heterocycles. The Balaban J connectivity index is 1.84. The van der Waals surface area contributed by atoms with Crippen molar-refractivity contribution in [3.8, 4) is 17.1 Å². The van der Waals surface area contributed by atoms with E-state index in [0.717, 1.165) is 6.54 Å². The van der Waals surface area contributed by atoms with E-state index in [2.05, 4.69) is 85.5 Å². The zero-order valence-corrected chi connectivity index (χ0v) is 13.5. The fourth-order valence-corrected chi connectivity index (χ4v) is 4.06. The first-order valence-electron chi connectivity index (χ1n) is 8.44. The van der Waals surface area contributed by atoms with Gasteiger partial charge in [-0.25, -0.2) is 4.57 Å². The van der Waals surface area contributed by atoms with Gasteiger partial charge in [-0.3, -0.25) is 4.98 Å². The van der Waals surface area contributed by atoms with Crippen molar-refractivity contribution in [3.05, 3.63) is 84.9 Å². The summed E-state index contributed by atoms with van der Waals surface area (Å²) < 4.78 is 7.00. The minimum Gasteiger partial charge on any atom is -0.316 e. The zero-order valence-electron chi connectivity index (χ0n) is 13.5. The first-order chi connectivity index (χ1) is 12.4. The third-order valence-corrected chi connectivity index (χ3v) is 5.11. The predicted molar refractivity (Wildman–Crippen MR) is 96.8 cm³/mol. The number of nitrogens with zero attached hydrogens (tertiary/aromatic N) is 4. The summed E-state index contributed by atoms with van der Waals surface area (Å²) in [6.45, 7) is 0.867. The maximum absolute atomic E-state index is 4.32. The number of hydrogen-bond acceptors (Lipinski definition) is 1. The SMILES string of the molecule is c1ccc(-n2c3[n+](c4cn5ccccc5c42)Cc2cnccc2-3)cc1. The van der Waals surface area contributed by atoms with Crippen LogP contribution < -0.4 is 4.57 Å². The Bertz CT molecular complexity index is 1260. The van der Waals surface area contributed by atoms with Gasteiger partial charge in [-0.2, -0.15) is 4.57 Å². The van der Waals surface area contributed by atoms with Crippen LogP contribution in [0.2, 0.25) is 0 Å². The summed E-state index contributed by atoms with van der Waals surface area (Å²) in [4.78, 5) is 4.32. The Morgan fingerprint density at radius 1 is 0.960 bits per heavy atom. The van der Waals surface area contributed by atoms with Gasteiger partial charge in [0, 0.05) is 24.2 Å². The standard InChI is InChI=1S/C21H15N4/c1-2-6-16(7-3-1)25-20-18-8-4-5-11-23(18)14-19(20)24-13-15-12-22-10-9-17(15)21(24)25/h1-12,14H,13H2/q+1. The van der Waals surface area contributed by atoms with Gasteiger partial charge in [0.25, 0.3) is 5.82 Å². The Kier molecular flexibility index (Phi) is 2.37. The molecule has 1 aliphatic rings. The lowest BCUT2D eigenvalue weighted by Crippen LogP contribution is -2.31. The molecule has 0 atom stereocenters. The summed E-state index contributed by atoms with van der Waals surface area (Å²) in [5.74, 6) is 1.24. The molecule has 0 aliphatic carbocycles. The third kappa shape index (κ3) is 1.61. The Morgan fingerprint density at radius 2 is 1.84 bits per heavy atom. The molecule has 25 heavy (non-hydrogen) atoms. The van der Waals surface area contributed by atoms with Gasteiger partial charge in [-0.05, 0) is 30.3 Å². The number of aromatic nitrogens is 4. The molecular weight excluding hydrogens is 308 g/mol. The van der Waals surface area contributed by atoms with Gasteiger partial charge in [0.05, 0.1) is 17.3 Å². The average Bonchev–Trinajstić information content (AvgIpc) is 3.30. The molecule has 118 valence electrons. The molecule has 0 bridgehead atoms. The van der Waals surface area contributed by atoms with Crippen molar-refractivity contribution in [2.24, 2.45) is 0 Å². The van der Waals surface area contributed by atoms with Crippen molar-refractivity contribution in [2.75, 3.05) is 0 Å². The fraction of sp³-hybridized carbons (Fsp3) is 0.0476. The second kappa shape index (κ2) is 4.57. The molecule has 0 saturated carbocycles. The average molecular weight is 323 g/mol. The quantitative estimate of drug-likeness (QED) is 0.425. The smallest absolute Gasteiger partial charge is 0.296 e. The lowest BCUT2D eigenvalue weighted by atomic mass is 10.1. The van der Waals surface area contributed by atoms with E-state index in [4.69, 9.17) is 0 Å². The number of benzene rings is 1. The van der Waals surface area contributed by atoms with Crippen LogP contribution in [0.15, 0.2) is 79.4 Å². The molecule has 0 amide bonds. The summed E-state index contributed by atoms with van der Waals surface area (Å²) >= 11 is 0. The molecule has 4 heteroatoms. The maximum Gasteiger partial charge on any atom is 0.296 e. The minimum absolute atomic E-state index is 0.867. The van der Waals surface area contributed by atoms with E-state index in [1.54, 1.807) is 0 Å². The Labute approximate surface area is 144 Å². The summed E-state index contributed by atoms with van der Waals surface area (Å²) in [6, 6.07) is 19.1. The molecular formula is C21H15N4+. The van der Waals surface area contributed by atoms with Crippen LogP contribution in [-0.2, 0) is 6.54 Å². The fourth-order valence-electron chi connectivity index (χ4n) is 4.06. The van der Waals surface area contributed by atoms with Crippen LogP contribution in [0.1, 0.15) is 5.56 Å². The molecule has 5 aromatic rings. The van der Waals surface area contributed by atoms with Gasteiger partial charge in [0.1, 0.15) is 12.2 Å². The minimum atomic E-state index is 0.867. The monoisotopic (exact) mass is 323 g/mol. The Morgan fingerprint density at radius 3 is 2.76 bits per heavy atom. The first-order valence-corrected chi connectivity index (χ1v) is 8.44. The highest BCUT2D eigenvalue weighted by Gasteiger charge is 2.36. The number of fused-ring (bicyclic) bond motifs is 7. The molecule has 0 fully saturated rings. The number of hydrogen-bond donors (Lipinski definition) is 0. The first kappa shape index (κ1) is 13.0. The number of rotatable bonds is 1. The van der Waals surface area contributed by atoms with E-state index >= 15 is 0 Å². The highest BCUT2D eigenvalue weighted by atomic mass is 15.2. The van der Waals surface area contributed by atoms with Gasteiger partial charge in [-0.15, -0.1) is 0 Å². The van der Waals surface area contributed by atoms with E-state index in [-0.39, 0.29) is 0 Å². The van der Waals surface area contributed by atoms with Gasteiger partial charge in [0.2, 0.25) is 5.52 Å². The number of pyridine rings is 2. The van der Waals surface area contributed by atoms with Crippen LogP contribution in [0.25, 0.3) is 33.6 Å². The van der Waals surface area contributed by atoms with Gasteiger partial charge < -0.3 is 4.40 Å². The van der Waals surface area contributed by atoms with Crippen molar-refractivity contribution in [1.82, 2.24) is 14.0 Å². The van der Waals surface area contributed by atoms with E-state index in [1.165, 1.54) is 39.2 Å². The lowest BCUT2D eigenvalue weighted by molar-refractivity contribution is -0.645. The van der Waals surface area contributed by atoms with Crippen LogP contribution in [0.4, 0.5) is 0 Å². The normalized spacial score (nSPS) is 12.6. The van der Waals surface area contributed by atoms with Gasteiger partial charge >= 0.3 is 0 Å². The molecule has 1 aromatic carbocycles. The third-order valence-electron chi connectivity index (χ3n) is 5.11. The number of imidazole rings is 1. The Hall–Kier alpha value is -3.40. The largest absolute Gasteiger partial charge is 0.316 e. The van der Waals surface area contributed by atoms with Crippen molar-refractivity contribution in [2.45, 2.75) is 6.54 Å². The van der Waals surface area contributed by atoms with Crippen LogP contribution in [-0.4, -0.2) is 14.0 Å². The molecule has 0 unspecified atom stereocenters. The second-order valence-electron chi connectivity index (χ2n) is 6.47. The summed E-state index contributed by atoms with van der Waals surface area (Å²) in [6.07, 6.45) is 8.21. The van der Waals surface area contributed by atoms with E-state index in [1.807, 2.05) is 12.4 Å². The van der Waals surface area contributed by atoms with Crippen molar-refractivity contribution in [1.29, 1.82) is 0 Å². The van der Waals surface area contributed by atoms with Crippen molar-refractivity contribution in [3.63, 3.8) is 0 Å². The molecule has 0 radical (unpaired) electrons. The maximum atomic E-state index is 4.32. The highest BCUT2D eigenvalue weighted by molar-refractivity contribution is 5.94. The zero-order chi connectivity index (χ0) is 16.4. The van der Waals surface area contributed by atoms with Crippen LogP contribution in [0, 0.1) is 0 Å². The predicted octanol–water partition coefficient (Wildman–Crippen LogP) is 3.59. The van der Waals surface area contributed by atoms with E-state index in [9.17, 15) is 0 Å². The van der Waals surface area contributed by atoms with Crippen LogP contribution in [0.3, 0.4) is 0 Å². The van der Waals surface area contributed by atoms with Gasteiger partial charge in [-0.1, -0.05) is 24.3 Å². The summed E-state index contributed by atoms with van der Waals surface area (Å²) in [7, 11) is 0. The molecule has 4 nitrogen and oxygen atoms in total. The van der Waals surface area contributed by atoms with Crippen molar-refractivity contribution < 1.29 is 4.57 Å². The summed E-state index contributed by atoms with van der Waals surface area (Å²) in [5, 5.41) is 0. The number of para-hydroxylation sites is 1. The highest BCUT2D eigenvalue weighted by Crippen LogP contribution is 2.35. The van der Waals surface area contributed by atoms with Gasteiger partial charge in [0.15, 0.2) is 5.52 Å². The second-order valence-corrected chi connectivity index (χ2v) is 6.47. The van der Waals surface area contributed by atoms with Crippen molar-refractivity contribution >= 4 is 16.6 Å². The molecule has 0 spiro atoms. The molecule has 6 rings (SSSR count). The van der Waals surface area contributed by atoms with Crippen LogP contribution in [0.5, 0.6) is 0 Å². The van der Waals surface area contributed by atoms with E-state index in [0.29, 0.717) is 0 Å². The summed E-state index contributed by atoms with van der Waals surface area (Å²) in [5.41, 5.74) is 7.45. The molecule has 4 aromatic heterocycles.